The van der Waals surface area contributed by atoms with E-state index in [2.05, 4.69) is 20.9 Å². The van der Waals surface area contributed by atoms with Crippen LogP contribution >= 0.6 is 15.9 Å². The summed E-state index contributed by atoms with van der Waals surface area (Å²) in [4.78, 5) is 19.1. The van der Waals surface area contributed by atoms with Gasteiger partial charge in [0.15, 0.2) is 5.58 Å². The Morgan fingerprint density at radius 3 is 2.77 bits per heavy atom. The van der Waals surface area contributed by atoms with Gasteiger partial charge in [0, 0.05) is 18.7 Å². The van der Waals surface area contributed by atoms with Crippen molar-refractivity contribution in [2.24, 2.45) is 0 Å². The molecule has 0 radical (unpaired) electrons. The van der Waals surface area contributed by atoms with Crippen LogP contribution in [0.2, 0.25) is 0 Å². The highest BCUT2D eigenvalue weighted by atomic mass is 79.9. The number of benzene rings is 1. The molecule has 7 nitrogen and oxygen atoms in total. The van der Waals surface area contributed by atoms with E-state index >= 15 is 0 Å². The van der Waals surface area contributed by atoms with Gasteiger partial charge >= 0.3 is 6.09 Å². The number of amides is 1. The average Bonchev–Trinajstić information content (AvgIpc) is 2.93. The topological polar surface area (TPSA) is 90.0 Å². The van der Waals surface area contributed by atoms with Crippen molar-refractivity contribution in [3.05, 3.63) is 22.2 Å². The number of hydrogen-bond acceptors (Lipinski definition) is 5. The Bertz CT molecular complexity index is 750. The summed E-state index contributed by atoms with van der Waals surface area (Å²) in [5.41, 5.74) is 1.96. The Kier molecular flexibility index (Phi) is 3.05. The van der Waals surface area contributed by atoms with Crippen LogP contribution in [0.15, 0.2) is 21.0 Å². The Morgan fingerprint density at radius 1 is 1.41 bits per heavy atom. The molecular formula is C14H14BrN3O4. The lowest BCUT2D eigenvalue weighted by molar-refractivity contribution is 0.0101. The molecule has 0 spiro atoms. The van der Waals surface area contributed by atoms with Crippen LogP contribution in [-0.4, -0.2) is 51.4 Å². The van der Waals surface area contributed by atoms with Gasteiger partial charge in [0.2, 0.25) is 0 Å². The van der Waals surface area contributed by atoms with Crippen molar-refractivity contribution in [3.63, 3.8) is 0 Å². The molecule has 3 aliphatic rings. The van der Waals surface area contributed by atoms with Gasteiger partial charge < -0.3 is 19.5 Å². The lowest BCUT2D eigenvalue weighted by Gasteiger charge is -2.54. The number of nitrogens with zero attached hydrogens (tertiary/aromatic N) is 3. The Morgan fingerprint density at radius 2 is 2.14 bits per heavy atom. The minimum Gasteiger partial charge on any atom is -0.465 e. The minimum absolute atomic E-state index is 0.00650. The first-order chi connectivity index (χ1) is 10.6. The molecule has 1 aromatic heterocycles. The molecule has 3 aliphatic heterocycles. The number of hydrogen-bond donors (Lipinski definition) is 2. The van der Waals surface area contributed by atoms with Gasteiger partial charge in [-0.3, -0.25) is 4.90 Å². The summed E-state index contributed by atoms with van der Waals surface area (Å²) in [7, 11) is 0. The fraction of sp³-hybridized carbons (Fsp3) is 0.429. The molecule has 0 saturated carbocycles. The van der Waals surface area contributed by atoms with E-state index in [1.807, 2.05) is 11.0 Å². The number of rotatable bonds is 2. The zero-order valence-electron chi connectivity index (χ0n) is 11.6. The fourth-order valence-corrected chi connectivity index (χ4v) is 3.76. The first-order valence-electron chi connectivity index (χ1n) is 7.03. The SMILES string of the molecule is O=C(O)N1C2CC1CN(c1nc3c(CO)ccc(Br)c3o1)C2. The summed E-state index contributed by atoms with van der Waals surface area (Å²) < 4.78 is 6.62. The second-order valence-corrected chi connectivity index (χ2v) is 6.53. The largest absolute Gasteiger partial charge is 0.465 e. The Balaban J connectivity index is 1.66. The van der Waals surface area contributed by atoms with E-state index in [0.717, 1.165) is 10.9 Å². The normalized spacial score (nSPS) is 23.7. The number of piperidine rings is 1. The number of anilines is 1. The van der Waals surface area contributed by atoms with Gasteiger partial charge in [0.1, 0.15) is 5.52 Å². The summed E-state index contributed by atoms with van der Waals surface area (Å²) in [6.45, 7) is 1.07. The Hall–Kier alpha value is -1.80. The first kappa shape index (κ1) is 13.8. The molecule has 116 valence electrons. The predicted octanol–water partition coefficient (Wildman–Crippen LogP) is 2.02. The molecule has 4 heterocycles. The number of piperazine rings is 1. The summed E-state index contributed by atoms with van der Waals surface area (Å²) in [6, 6.07) is 4.12. The van der Waals surface area contributed by atoms with E-state index in [1.165, 1.54) is 4.90 Å². The second-order valence-electron chi connectivity index (χ2n) is 5.68. The second kappa shape index (κ2) is 4.85. The average molecular weight is 368 g/mol. The van der Waals surface area contributed by atoms with Crippen LogP contribution in [0.25, 0.3) is 11.1 Å². The lowest BCUT2D eigenvalue weighted by atomic mass is 9.88. The third kappa shape index (κ3) is 1.90. The van der Waals surface area contributed by atoms with E-state index in [9.17, 15) is 9.90 Å². The lowest BCUT2D eigenvalue weighted by Crippen LogP contribution is -2.70. The van der Waals surface area contributed by atoms with Gasteiger partial charge in [-0.05, 0) is 28.4 Å². The standard InChI is InChI=1S/C14H14BrN3O4/c15-10-2-1-7(6-19)11-12(10)22-13(16-11)17-4-8-3-9(5-17)18(8)14(20)21/h1-2,8-9,19H,3-6H2,(H,20,21). The zero-order valence-corrected chi connectivity index (χ0v) is 13.2. The monoisotopic (exact) mass is 367 g/mol. The minimum atomic E-state index is -0.858. The number of aromatic nitrogens is 1. The first-order valence-corrected chi connectivity index (χ1v) is 7.82. The summed E-state index contributed by atoms with van der Waals surface area (Å²) in [6.07, 6.45) is 0.0398. The van der Waals surface area contributed by atoms with Gasteiger partial charge in [-0.1, -0.05) is 6.07 Å². The van der Waals surface area contributed by atoms with Crippen molar-refractivity contribution >= 4 is 39.1 Å². The molecule has 1 amide bonds. The van der Waals surface area contributed by atoms with E-state index < -0.39 is 6.09 Å². The number of oxazole rings is 1. The smallest absolute Gasteiger partial charge is 0.407 e. The molecule has 2 bridgehead atoms. The maximum absolute atomic E-state index is 11.1. The van der Waals surface area contributed by atoms with Crippen molar-refractivity contribution in [2.75, 3.05) is 18.0 Å². The number of halogens is 1. The van der Waals surface area contributed by atoms with Crippen molar-refractivity contribution in [3.8, 4) is 0 Å². The number of fused-ring (bicyclic) bond motifs is 3. The highest BCUT2D eigenvalue weighted by molar-refractivity contribution is 9.10. The number of aliphatic hydroxyl groups excluding tert-OH is 1. The summed E-state index contributed by atoms with van der Waals surface area (Å²) in [5, 5.41) is 18.6. The zero-order chi connectivity index (χ0) is 15.4. The fourth-order valence-electron chi connectivity index (χ4n) is 3.36. The maximum atomic E-state index is 11.1. The molecule has 2 atom stereocenters. The number of carbonyl (C=O) groups is 1. The molecule has 2 N–H and O–H groups in total. The highest BCUT2D eigenvalue weighted by Crippen LogP contribution is 2.37. The molecule has 22 heavy (non-hydrogen) atoms. The molecule has 1 aromatic carbocycles. The van der Waals surface area contributed by atoms with Gasteiger partial charge in [-0.25, -0.2) is 4.79 Å². The molecule has 2 unspecified atom stereocenters. The van der Waals surface area contributed by atoms with E-state index in [0.29, 0.717) is 35.8 Å². The number of carboxylic acid groups (broad SMARTS) is 1. The van der Waals surface area contributed by atoms with E-state index in [1.54, 1.807) is 6.07 Å². The van der Waals surface area contributed by atoms with Gasteiger partial charge in [0.25, 0.3) is 6.01 Å². The van der Waals surface area contributed by atoms with E-state index in [-0.39, 0.29) is 18.7 Å². The third-order valence-corrected chi connectivity index (χ3v) is 5.05. The molecule has 3 saturated heterocycles. The van der Waals surface area contributed by atoms with Gasteiger partial charge in [-0.2, -0.15) is 4.98 Å². The van der Waals surface area contributed by atoms with Crippen molar-refractivity contribution in [1.29, 1.82) is 0 Å². The van der Waals surface area contributed by atoms with Crippen molar-refractivity contribution < 1.29 is 19.4 Å². The molecule has 2 aromatic rings. The summed E-state index contributed by atoms with van der Waals surface area (Å²) in [5.74, 6) is 0. The Labute approximate surface area is 134 Å². The maximum Gasteiger partial charge on any atom is 0.407 e. The summed E-state index contributed by atoms with van der Waals surface area (Å²) >= 11 is 3.43. The molecule has 5 rings (SSSR count). The predicted molar refractivity (Wildman–Crippen MR) is 81.9 cm³/mol. The number of aliphatic hydroxyl groups is 1. The molecule has 0 aliphatic carbocycles. The van der Waals surface area contributed by atoms with Gasteiger partial charge in [-0.15, -0.1) is 0 Å². The molecule has 3 fully saturated rings. The van der Waals surface area contributed by atoms with Crippen molar-refractivity contribution in [1.82, 2.24) is 9.88 Å². The highest BCUT2D eigenvalue weighted by Gasteiger charge is 2.48. The van der Waals surface area contributed by atoms with Crippen LogP contribution in [0, 0.1) is 0 Å². The van der Waals surface area contributed by atoms with Crippen LogP contribution in [-0.2, 0) is 6.61 Å². The van der Waals surface area contributed by atoms with Crippen LogP contribution in [0.4, 0.5) is 10.8 Å². The third-order valence-electron chi connectivity index (χ3n) is 4.42. The van der Waals surface area contributed by atoms with Crippen LogP contribution in [0.3, 0.4) is 0 Å². The van der Waals surface area contributed by atoms with Gasteiger partial charge in [0.05, 0.1) is 23.2 Å². The quantitative estimate of drug-likeness (QED) is 0.843. The van der Waals surface area contributed by atoms with Crippen molar-refractivity contribution in [2.45, 2.75) is 25.1 Å². The molecular weight excluding hydrogens is 354 g/mol. The molecule has 8 heteroatoms. The van der Waals surface area contributed by atoms with Crippen LogP contribution in [0.1, 0.15) is 12.0 Å². The van der Waals surface area contributed by atoms with Crippen LogP contribution < -0.4 is 4.90 Å². The van der Waals surface area contributed by atoms with Crippen LogP contribution in [0.5, 0.6) is 0 Å². The van der Waals surface area contributed by atoms with E-state index in [4.69, 9.17) is 9.52 Å².